The van der Waals surface area contributed by atoms with E-state index >= 15 is 0 Å². The molecule has 2 aliphatic carbocycles. The molecule has 1 aromatic rings. The lowest BCUT2D eigenvalue weighted by Crippen LogP contribution is -2.41. The Morgan fingerprint density at radius 2 is 1.96 bits per heavy atom. The molecule has 5 nitrogen and oxygen atoms in total. The van der Waals surface area contributed by atoms with Gasteiger partial charge in [-0.15, -0.1) is 0 Å². The van der Waals surface area contributed by atoms with Crippen LogP contribution in [0.5, 0.6) is 0 Å². The van der Waals surface area contributed by atoms with Gasteiger partial charge in [-0.05, 0) is 69.2 Å². The molecule has 0 bridgehead atoms. The summed E-state index contributed by atoms with van der Waals surface area (Å²) in [5, 5.41) is 8.15. The van der Waals surface area contributed by atoms with Crippen LogP contribution in [0.4, 0.5) is 0 Å². The number of nitrogens with zero attached hydrogens (tertiary/aromatic N) is 2. The molecule has 5 heteroatoms. The first kappa shape index (κ1) is 17.1. The monoisotopic (exact) mass is 344 g/mol. The Labute approximate surface area is 150 Å². The van der Waals surface area contributed by atoms with E-state index in [9.17, 15) is 4.79 Å². The first-order valence-corrected chi connectivity index (χ1v) is 10.2. The Morgan fingerprint density at radius 3 is 2.68 bits per heavy atom. The van der Waals surface area contributed by atoms with E-state index in [1.807, 2.05) is 4.68 Å². The van der Waals surface area contributed by atoms with Crippen molar-refractivity contribution in [3.8, 4) is 0 Å². The summed E-state index contributed by atoms with van der Waals surface area (Å²) < 4.78 is 1.96. The number of rotatable bonds is 4. The molecule has 0 saturated heterocycles. The number of carbonyl (C=O) groups is 1. The number of hydrogen-bond donors (Lipinski definition) is 2. The molecule has 0 aromatic carbocycles. The second kappa shape index (κ2) is 7.10. The van der Waals surface area contributed by atoms with Crippen LogP contribution in [-0.4, -0.2) is 28.3 Å². The van der Waals surface area contributed by atoms with Crippen LogP contribution in [0, 0.1) is 11.3 Å². The lowest BCUT2D eigenvalue weighted by Gasteiger charge is -2.43. The number of aryl methyl sites for hydroxylation is 1. The van der Waals surface area contributed by atoms with E-state index in [0.717, 1.165) is 31.6 Å². The fraction of sp³-hybridized carbons (Fsp3) is 0.800. The molecule has 138 valence electrons. The normalized spacial score (nSPS) is 26.5. The van der Waals surface area contributed by atoms with E-state index in [4.69, 9.17) is 5.73 Å². The van der Waals surface area contributed by atoms with Gasteiger partial charge in [-0.25, -0.2) is 0 Å². The van der Waals surface area contributed by atoms with Crippen molar-refractivity contribution >= 4 is 5.91 Å². The molecule has 2 fully saturated rings. The summed E-state index contributed by atoms with van der Waals surface area (Å²) in [5.74, 6) is 0.243. The zero-order valence-corrected chi connectivity index (χ0v) is 15.3. The van der Waals surface area contributed by atoms with Crippen LogP contribution in [0.1, 0.15) is 80.3 Å². The SMILES string of the molecule is NC(=O)c1cnn2c1CC(CNC1CCC3(CCCCC3)CC1)CC2. The highest BCUT2D eigenvalue weighted by molar-refractivity contribution is 5.93. The Kier molecular flexibility index (Phi) is 4.85. The molecule has 3 N–H and O–H groups in total. The summed E-state index contributed by atoms with van der Waals surface area (Å²) in [7, 11) is 0. The highest BCUT2D eigenvalue weighted by Gasteiger charge is 2.36. The predicted octanol–water partition coefficient (Wildman–Crippen LogP) is 3.03. The van der Waals surface area contributed by atoms with E-state index in [1.54, 1.807) is 6.20 Å². The first-order valence-electron chi connectivity index (χ1n) is 10.2. The number of hydrogen-bond acceptors (Lipinski definition) is 3. The molecule has 4 rings (SSSR count). The smallest absolute Gasteiger partial charge is 0.252 e. The minimum Gasteiger partial charge on any atom is -0.365 e. The number of nitrogens with two attached hydrogens (primary N) is 1. The van der Waals surface area contributed by atoms with Gasteiger partial charge in [0.1, 0.15) is 0 Å². The van der Waals surface area contributed by atoms with Gasteiger partial charge in [0.15, 0.2) is 0 Å². The van der Waals surface area contributed by atoms with Gasteiger partial charge in [-0.1, -0.05) is 19.3 Å². The van der Waals surface area contributed by atoms with Crippen molar-refractivity contribution in [1.29, 1.82) is 0 Å². The van der Waals surface area contributed by atoms with Crippen LogP contribution in [0.15, 0.2) is 6.20 Å². The van der Waals surface area contributed by atoms with Gasteiger partial charge in [0.2, 0.25) is 0 Å². The standard InChI is InChI=1S/C20H32N4O/c21-19(25)17-14-23-24-11-6-15(12-18(17)24)13-22-16-4-9-20(10-5-16)7-2-1-3-8-20/h14-16,22H,1-13H2,(H2,21,25). The van der Waals surface area contributed by atoms with Crippen LogP contribution < -0.4 is 11.1 Å². The van der Waals surface area contributed by atoms with E-state index in [1.165, 1.54) is 57.8 Å². The van der Waals surface area contributed by atoms with Crippen LogP contribution in [-0.2, 0) is 13.0 Å². The fourth-order valence-corrected chi connectivity index (χ4v) is 5.45. The minimum absolute atomic E-state index is 0.347. The molecule has 1 amide bonds. The van der Waals surface area contributed by atoms with Gasteiger partial charge >= 0.3 is 0 Å². The molecule has 1 spiro atoms. The summed E-state index contributed by atoms with van der Waals surface area (Å²) in [6, 6.07) is 0.690. The fourth-order valence-electron chi connectivity index (χ4n) is 5.45. The average Bonchev–Trinajstić information content (AvgIpc) is 3.05. The molecule has 2 heterocycles. The van der Waals surface area contributed by atoms with Crippen LogP contribution in [0.2, 0.25) is 0 Å². The van der Waals surface area contributed by atoms with Crippen LogP contribution in [0.25, 0.3) is 0 Å². The molecule has 1 aliphatic heterocycles. The summed E-state index contributed by atoms with van der Waals surface area (Å²) in [6.45, 7) is 1.96. The largest absolute Gasteiger partial charge is 0.365 e. The van der Waals surface area contributed by atoms with Crippen molar-refractivity contribution in [3.63, 3.8) is 0 Å². The Bertz CT molecular complexity index is 607. The maximum Gasteiger partial charge on any atom is 0.252 e. The van der Waals surface area contributed by atoms with Gasteiger partial charge < -0.3 is 11.1 Å². The van der Waals surface area contributed by atoms with Gasteiger partial charge in [-0.3, -0.25) is 9.48 Å². The lowest BCUT2D eigenvalue weighted by atomic mass is 9.64. The van der Waals surface area contributed by atoms with Crippen LogP contribution >= 0.6 is 0 Å². The van der Waals surface area contributed by atoms with Crippen molar-refractivity contribution < 1.29 is 4.79 Å². The molecule has 1 unspecified atom stereocenters. The third-order valence-electron chi connectivity index (χ3n) is 7.10. The maximum absolute atomic E-state index is 11.5. The Hall–Kier alpha value is -1.36. The molecule has 0 radical (unpaired) electrons. The van der Waals surface area contributed by atoms with E-state index in [-0.39, 0.29) is 5.91 Å². The minimum atomic E-state index is -0.347. The number of aromatic nitrogens is 2. The average molecular weight is 345 g/mol. The van der Waals surface area contributed by atoms with Gasteiger partial charge in [0, 0.05) is 12.6 Å². The predicted molar refractivity (Wildman–Crippen MR) is 98.3 cm³/mol. The summed E-state index contributed by atoms with van der Waals surface area (Å²) >= 11 is 0. The summed E-state index contributed by atoms with van der Waals surface area (Å²) in [6.07, 6.45) is 16.5. The number of primary amides is 1. The van der Waals surface area contributed by atoms with Crippen molar-refractivity contribution in [1.82, 2.24) is 15.1 Å². The molecule has 3 aliphatic rings. The quantitative estimate of drug-likeness (QED) is 0.882. The molecular weight excluding hydrogens is 312 g/mol. The van der Waals surface area contributed by atoms with Crippen molar-refractivity contribution in [2.24, 2.45) is 17.1 Å². The molecule has 25 heavy (non-hydrogen) atoms. The number of nitrogens with one attached hydrogen (secondary N) is 1. The third kappa shape index (κ3) is 3.62. The Morgan fingerprint density at radius 1 is 1.20 bits per heavy atom. The zero-order chi connectivity index (χ0) is 17.3. The lowest BCUT2D eigenvalue weighted by molar-refractivity contribution is 0.0998. The van der Waals surface area contributed by atoms with Gasteiger partial charge in [0.25, 0.3) is 5.91 Å². The van der Waals surface area contributed by atoms with Crippen molar-refractivity contribution in [2.75, 3.05) is 6.54 Å². The molecule has 1 atom stereocenters. The molecule has 1 aromatic heterocycles. The maximum atomic E-state index is 11.5. The highest BCUT2D eigenvalue weighted by atomic mass is 16.1. The second-order valence-electron chi connectivity index (χ2n) is 8.69. The van der Waals surface area contributed by atoms with Gasteiger partial charge in [-0.2, -0.15) is 5.10 Å². The van der Waals surface area contributed by atoms with Gasteiger partial charge in [0.05, 0.1) is 17.5 Å². The third-order valence-corrected chi connectivity index (χ3v) is 7.10. The number of amides is 1. The van der Waals surface area contributed by atoms with E-state index in [2.05, 4.69) is 10.4 Å². The van der Waals surface area contributed by atoms with E-state index in [0.29, 0.717) is 22.9 Å². The molecular formula is C20H32N4O. The first-order chi connectivity index (χ1) is 12.2. The molecule has 2 saturated carbocycles. The number of fused-ring (bicyclic) bond motifs is 1. The van der Waals surface area contributed by atoms with E-state index < -0.39 is 0 Å². The topological polar surface area (TPSA) is 72.9 Å². The van der Waals surface area contributed by atoms with Crippen molar-refractivity contribution in [2.45, 2.75) is 83.2 Å². The highest BCUT2D eigenvalue weighted by Crippen LogP contribution is 2.47. The number of carbonyl (C=O) groups excluding carboxylic acids is 1. The Balaban J connectivity index is 1.27. The summed E-state index contributed by atoms with van der Waals surface area (Å²) in [5.41, 5.74) is 7.83. The van der Waals surface area contributed by atoms with Crippen LogP contribution in [0.3, 0.4) is 0 Å². The summed E-state index contributed by atoms with van der Waals surface area (Å²) in [4.78, 5) is 11.5. The zero-order valence-electron chi connectivity index (χ0n) is 15.3. The van der Waals surface area contributed by atoms with Crippen molar-refractivity contribution in [3.05, 3.63) is 17.5 Å². The second-order valence-corrected chi connectivity index (χ2v) is 8.69.